The zero-order valence-corrected chi connectivity index (χ0v) is 19.9. The summed E-state index contributed by atoms with van der Waals surface area (Å²) >= 11 is 1.70. The highest BCUT2D eigenvalue weighted by Crippen LogP contribution is 2.21. The summed E-state index contributed by atoms with van der Waals surface area (Å²) in [5.41, 5.74) is 0. The van der Waals surface area contributed by atoms with Gasteiger partial charge in [-0.3, -0.25) is 9.69 Å². The van der Waals surface area contributed by atoms with Gasteiger partial charge in [0, 0.05) is 42.5 Å². The number of nitrogens with zero attached hydrogens (tertiary/aromatic N) is 3. The molecule has 1 aliphatic heterocycles. The smallest absolute Gasteiger partial charge is 0.243 e. The van der Waals surface area contributed by atoms with Gasteiger partial charge in [0.1, 0.15) is 11.6 Å². The number of rotatable bonds is 8. The minimum Gasteiger partial charge on any atom is -0.468 e. The fourth-order valence-corrected chi connectivity index (χ4v) is 6.21. The Hall–Kier alpha value is -2.53. The van der Waals surface area contributed by atoms with Crippen LogP contribution in [0.5, 0.6) is 0 Å². The lowest BCUT2D eigenvalue weighted by Gasteiger charge is -2.35. The fraction of sp³-hybridized carbons (Fsp3) is 0.348. The van der Waals surface area contributed by atoms with E-state index in [4.69, 9.17) is 4.42 Å². The second kappa shape index (κ2) is 10.2. The Labute approximate surface area is 197 Å². The summed E-state index contributed by atoms with van der Waals surface area (Å²) in [6.07, 6.45) is 1.61. The number of hydrogen-bond donors (Lipinski definition) is 0. The Morgan fingerprint density at radius 1 is 1.09 bits per heavy atom. The summed E-state index contributed by atoms with van der Waals surface area (Å²) in [6.45, 7) is 4.31. The minimum atomic E-state index is -3.80. The summed E-state index contributed by atoms with van der Waals surface area (Å²) in [6, 6.07) is 12.8. The molecular weight excluding hydrogens is 465 g/mol. The molecule has 0 saturated carbocycles. The lowest BCUT2D eigenvalue weighted by atomic mass is 10.3. The summed E-state index contributed by atoms with van der Waals surface area (Å²) in [4.78, 5) is 19.1. The second-order valence-electron chi connectivity index (χ2n) is 7.98. The van der Waals surface area contributed by atoms with Crippen molar-refractivity contribution >= 4 is 27.3 Å². The summed E-state index contributed by atoms with van der Waals surface area (Å²) in [5, 5.41) is 0. The van der Waals surface area contributed by atoms with E-state index in [0.29, 0.717) is 26.2 Å². The maximum atomic E-state index is 13.5. The maximum Gasteiger partial charge on any atom is 0.243 e. The number of amides is 1. The van der Waals surface area contributed by atoms with Crippen LogP contribution >= 0.6 is 11.3 Å². The lowest BCUT2D eigenvalue weighted by Crippen LogP contribution is -2.52. The number of thiophene rings is 1. The van der Waals surface area contributed by atoms with Crippen molar-refractivity contribution in [2.45, 2.75) is 24.9 Å². The number of hydrogen-bond acceptors (Lipinski definition) is 6. The van der Waals surface area contributed by atoms with E-state index in [0.717, 1.165) is 16.7 Å². The first-order chi connectivity index (χ1) is 15.8. The van der Waals surface area contributed by atoms with Crippen LogP contribution < -0.4 is 0 Å². The summed E-state index contributed by atoms with van der Waals surface area (Å²) < 4.78 is 45.9. The van der Waals surface area contributed by atoms with Crippen molar-refractivity contribution in [1.82, 2.24) is 14.1 Å². The van der Waals surface area contributed by atoms with Crippen LogP contribution in [0.15, 0.2) is 64.1 Å². The van der Waals surface area contributed by atoms with Crippen molar-refractivity contribution in [3.05, 3.63) is 76.1 Å². The predicted octanol–water partition coefficient (Wildman–Crippen LogP) is 3.32. The Bertz CT molecular complexity index is 1190. The molecule has 33 heavy (non-hydrogen) atoms. The van der Waals surface area contributed by atoms with E-state index in [-0.39, 0.29) is 30.4 Å². The highest BCUT2D eigenvalue weighted by atomic mass is 32.2. The Morgan fingerprint density at radius 3 is 2.52 bits per heavy atom. The number of benzene rings is 1. The highest BCUT2D eigenvalue weighted by Gasteiger charge is 2.31. The number of furan rings is 1. The third kappa shape index (κ3) is 5.89. The number of sulfonamides is 1. The monoisotopic (exact) mass is 491 g/mol. The van der Waals surface area contributed by atoms with Gasteiger partial charge in [-0.2, -0.15) is 4.31 Å². The number of piperazine rings is 1. The molecule has 0 atom stereocenters. The van der Waals surface area contributed by atoms with Crippen molar-refractivity contribution in [2.75, 3.05) is 32.7 Å². The van der Waals surface area contributed by atoms with E-state index in [1.54, 1.807) is 22.5 Å². The number of aryl methyl sites for hydroxylation is 1. The summed E-state index contributed by atoms with van der Waals surface area (Å²) in [7, 11) is -3.80. The molecule has 10 heteroatoms. The van der Waals surface area contributed by atoms with Crippen LogP contribution in [0.1, 0.15) is 15.5 Å². The quantitative estimate of drug-likeness (QED) is 0.483. The molecule has 1 aliphatic rings. The van der Waals surface area contributed by atoms with Crippen LogP contribution in [-0.2, 0) is 27.9 Å². The normalized spacial score (nSPS) is 15.3. The topological polar surface area (TPSA) is 74.1 Å². The molecule has 1 amide bonds. The maximum absolute atomic E-state index is 13.5. The van der Waals surface area contributed by atoms with Gasteiger partial charge >= 0.3 is 0 Å². The molecule has 1 saturated heterocycles. The fourth-order valence-electron chi connectivity index (χ4n) is 3.83. The first-order valence-corrected chi connectivity index (χ1v) is 12.9. The van der Waals surface area contributed by atoms with Gasteiger partial charge in [0.25, 0.3) is 0 Å². The van der Waals surface area contributed by atoms with Crippen LogP contribution in [-0.4, -0.2) is 61.2 Å². The molecule has 4 rings (SSSR count). The van der Waals surface area contributed by atoms with Crippen LogP contribution in [0.3, 0.4) is 0 Å². The highest BCUT2D eigenvalue weighted by molar-refractivity contribution is 7.89. The van der Waals surface area contributed by atoms with Gasteiger partial charge < -0.3 is 9.32 Å². The van der Waals surface area contributed by atoms with Gasteiger partial charge in [-0.05, 0) is 49.4 Å². The lowest BCUT2D eigenvalue weighted by molar-refractivity contribution is -0.133. The van der Waals surface area contributed by atoms with Gasteiger partial charge in [-0.15, -0.1) is 11.3 Å². The third-order valence-corrected chi connectivity index (χ3v) is 8.40. The number of carbonyl (C=O) groups excluding carboxylic acids is 1. The van der Waals surface area contributed by atoms with Crippen molar-refractivity contribution in [3.8, 4) is 0 Å². The van der Waals surface area contributed by atoms with E-state index in [1.165, 1.54) is 27.4 Å². The van der Waals surface area contributed by atoms with E-state index >= 15 is 0 Å². The van der Waals surface area contributed by atoms with E-state index < -0.39 is 15.8 Å². The van der Waals surface area contributed by atoms with Crippen LogP contribution in [0.25, 0.3) is 0 Å². The molecule has 0 aliphatic carbocycles. The minimum absolute atomic E-state index is 0.0577. The SMILES string of the molecule is Cc1ccc(CN(CC(=O)N2CCN(S(=O)(=O)c3cccc(F)c3)CC2)Cc2ccco2)s1. The molecule has 176 valence electrons. The molecule has 3 aromatic rings. The first kappa shape index (κ1) is 23.6. The van der Waals surface area contributed by atoms with Crippen molar-refractivity contribution in [2.24, 2.45) is 0 Å². The van der Waals surface area contributed by atoms with Crippen molar-refractivity contribution in [3.63, 3.8) is 0 Å². The second-order valence-corrected chi connectivity index (χ2v) is 11.3. The molecule has 0 radical (unpaired) electrons. The molecule has 1 aromatic carbocycles. The van der Waals surface area contributed by atoms with Crippen LogP contribution in [0.2, 0.25) is 0 Å². The van der Waals surface area contributed by atoms with Crippen molar-refractivity contribution < 1.29 is 22.0 Å². The van der Waals surface area contributed by atoms with E-state index in [2.05, 4.69) is 12.1 Å². The van der Waals surface area contributed by atoms with Gasteiger partial charge in [0.2, 0.25) is 15.9 Å². The first-order valence-electron chi connectivity index (χ1n) is 10.6. The average molecular weight is 492 g/mol. The molecular formula is C23H26FN3O4S2. The zero-order valence-electron chi connectivity index (χ0n) is 18.3. The number of halogens is 1. The zero-order chi connectivity index (χ0) is 23.4. The molecule has 0 unspecified atom stereocenters. The van der Waals surface area contributed by atoms with Gasteiger partial charge in [0.05, 0.1) is 24.2 Å². The predicted molar refractivity (Wildman–Crippen MR) is 124 cm³/mol. The Balaban J connectivity index is 1.38. The molecule has 0 spiro atoms. The average Bonchev–Trinajstić information content (AvgIpc) is 3.45. The summed E-state index contributed by atoms with van der Waals surface area (Å²) in [5.74, 6) is 0.127. The van der Waals surface area contributed by atoms with Gasteiger partial charge in [-0.25, -0.2) is 12.8 Å². The van der Waals surface area contributed by atoms with Gasteiger partial charge in [-0.1, -0.05) is 6.07 Å². The molecule has 7 nitrogen and oxygen atoms in total. The molecule has 0 bridgehead atoms. The standard InChI is InChI=1S/C23H26FN3O4S2/c1-18-7-8-21(32-18)16-25(15-20-5-3-13-31-20)17-23(28)26-9-11-27(12-10-26)33(29,30)22-6-2-4-19(24)14-22/h2-8,13-14H,9-12,15-17H2,1H3. The van der Waals surface area contributed by atoms with Crippen LogP contribution in [0.4, 0.5) is 4.39 Å². The van der Waals surface area contributed by atoms with Crippen molar-refractivity contribution in [1.29, 1.82) is 0 Å². The molecule has 1 fully saturated rings. The van der Waals surface area contributed by atoms with E-state index in [1.807, 2.05) is 24.0 Å². The largest absolute Gasteiger partial charge is 0.468 e. The number of carbonyl (C=O) groups is 1. The van der Waals surface area contributed by atoms with Gasteiger partial charge in [0.15, 0.2) is 0 Å². The third-order valence-electron chi connectivity index (χ3n) is 5.52. The molecule has 0 N–H and O–H groups in total. The molecule has 3 heterocycles. The van der Waals surface area contributed by atoms with Crippen LogP contribution in [0, 0.1) is 12.7 Å². The Morgan fingerprint density at radius 2 is 1.88 bits per heavy atom. The Kier molecular flexibility index (Phi) is 7.28. The van der Waals surface area contributed by atoms with E-state index in [9.17, 15) is 17.6 Å². The molecule has 2 aromatic heterocycles.